The minimum Gasteiger partial charge on any atom is -0.469 e. The van der Waals surface area contributed by atoms with Gasteiger partial charge in [-0.3, -0.25) is 9.69 Å². The molecule has 1 fully saturated rings. The van der Waals surface area contributed by atoms with E-state index in [9.17, 15) is 4.79 Å². The zero-order valence-electron chi connectivity index (χ0n) is 17.0. The SMILES string of the molecule is Cc1occc1-c1nnc(SCC(=O)N2CCN(Cc3cccc(Cl)c3)CC2)n1C. The molecule has 1 aliphatic heterocycles. The molecule has 0 bridgehead atoms. The molecule has 3 aromatic rings. The fraction of sp³-hybridized carbons (Fsp3) is 0.381. The zero-order valence-corrected chi connectivity index (χ0v) is 18.6. The predicted octanol–water partition coefficient (Wildman–Crippen LogP) is 3.47. The average Bonchev–Trinajstić information content (AvgIpc) is 3.31. The van der Waals surface area contributed by atoms with Crippen LogP contribution in [0.25, 0.3) is 11.4 Å². The van der Waals surface area contributed by atoms with Crippen LogP contribution in [0.3, 0.4) is 0 Å². The number of thioether (sulfide) groups is 1. The molecule has 1 aliphatic rings. The largest absolute Gasteiger partial charge is 0.469 e. The second-order valence-electron chi connectivity index (χ2n) is 7.33. The Bertz CT molecular complexity index is 1030. The highest BCUT2D eigenvalue weighted by molar-refractivity contribution is 7.99. The molecule has 0 N–H and O–H groups in total. The lowest BCUT2D eigenvalue weighted by atomic mass is 10.2. The molecule has 0 atom stereocenters. The Morgan fingerprint density at radius 2 is 2.00 bits per heavy atom. The number of halogens is 1. The van der Waals surface area contributed by atoms with Crippen molar-refractivity contribution in [2.24, 2.45) is 7.05 Å². The molecule has 0 saturated carbocycles. The third-order valence-corrected chi connectivity index (χ3v) is 6.52. The molecule has 9 heteroatoms. The lowest BCUT2D eigenvalue weighted by molar-refractivity contribution is -0.130. The van der Waals surface area contributed by atoms with Crippen LogP contribution in [-0.4, -0.2) is 62.4 Å². The number of carbonyl (C=O) groups is 1. The van der Waals surface area contributed by atoms with Gasteiger partial charge in [0, 0.05) is 44.8 Å². The van der Waals surface area contributed by atoms with E-state index >= 15 is 0 Å². The van der Waals surface area contributed by atoms with E-state index in [1.54, 1.807) is 6.26 Å². The van der Waals surface area contributed by atoms with Crippen molar-refractivity contribution >= 4 is 29.3 Å². The Hall–Kier alpha value is -2.29. The van der Waals surface area contributed by atoms with E-state index in [0.717, 1.165) is 60.1 Å². The summed E-state index contributed by atoms with van der Waals surface area (Å²) < 4.78 is 7.25. The second-order valence-corrected chi connectivity index (χ2v) is 8.71. The molecule has 158 valence electrons. The van der Waals surface area contributed by atoms with Gasteiger partial charge in [-0.15, -0.1) is 10.2 Å². The molecule has 1 amide bonds. The standard InChI is InChI=1S/C21H24ClN5O2S/c1-15-18(6-11-29-15)20-23-24-21(25(20)2)30-14-19(28)27-9-7-26(8-10-27)13-16-4-3-5-17(22)12-16/h3-6,11-12H,7-10,13-14H2,1-2H3. The summed E-state index contributed by atoms with van der Waals surface area (Å²) in [7, 11) is 1.91. The first-order valence-electron chi connectivity index (χ1n) is 9.82. The van der Waals surface area contributed by atoms with Crippen LogP contribution in [0.2, 0.25) is 5.02 Å². The Morgan fingerprint density at radius 1 is 1.20 bits per heavy atom. The van der Waals surface area contributed by atoms with Crippen molar-refractivity contribution in [3.63, 3.8) is 0 Å². The van der Waals surface area contributed by atoms with Gasteiger partial charge in [0.25, 0.3) is 0 Å². The lowest BCUT2D eigenvalue weighted by Crippen LogP contribution is -2.48. The topological polar surface area (TPSA) is 67.4 Å². The van der Waals surface area contributed by atoms with Gasteiger partial charge >= 0.3 is 0 Å². The summed E-state index contributed by atoms with van der Waals surface area (Å²) in [4.78, 5) is 17.0. The molecule has 0 spiro atoms. The van der Waals surface area contributed by atoms with E-state index in [1.165, 1.54) is 17.3 Å². The fourth-order valence-corrected chi connectivity index (χ4v) is 4.59. The van der Waals surface area contributed by atoms with E-state index in [2.05, 4.69) is 21.2 Å². The van der Waals surface area contributed by atoms with E-state index in [0.29, 0.717) is 5.75 Å². The monoisotopic (exact) mass is 445 g/mol. The molecule has 4 rings (SSSR count). The van der Waals surface area contributed by atoms with Crippen LogP contribution in [0, 0.1) is 6.92 Å². The smallest absolute Gasteiger partial charge is 0.233 e. The average molecular weight is 446 g/mol. The van der Waals surface area contributed by atoms with Crippen LogP contribution >= 0.6 is 23.4 Å². The highest BCUT2D eigenvalue weighted by Crippen LogP contribution is 2.26. The van der Waals surface area contributed by atoms with Crippen molar-refractivity contribution in [3.05, 3.63) is 52.9 Å². The van der Waals surface area contributed by atoms with Crippen molar-refractivity contribution in [1.82, 2.24) is 24.6 Å². The van der Waals surface area contributed by atoms with Gasteiger partial charge in [0.05, 0.1) is 17.6 Å². The van der Waals surface area contributed by atoms with Gasteiger partial charge in [0.15, 0.2) is 11.0 Å². The van der Waals surface area contributed by atoms with E-state index in [1.807, 2.05) is 47.7 Å². The van der Waals surface area contributed by atoms with Crippen molar-refractivity contribution in [3.8, 4) is 11.4 Å². The molecule has 0 unspecified atom stereocenters. The number of nitrogens with zero attached hydrogens (tertiary/aromatic N) is 5. The van der Waals surface area contributed by atoms with E-state index in [4.69, 9.17) is 16.0 Å². The van der Waals surface area contributed by atoms with Crippen molar-refractivity contribution in [1.29, 1.82) is 0 Å². The number of carbonyl (C=O) groups excluding carboxylic acids is 1. The minimum absolute atomic E-state index is 0.131. The molecule has 1 aromatic carbocycles. The second kappa shape index (κ2) is 9.24. The zero-order chi connectivity index (χ0) is 21.1. The molecular weight excluding hydrogens is 422 g/mol. The van der Waals surface area contributed by atoms with Crippen LogP contribution < -0.4 is 0 Å². The normalized spacial score (nSPS) is 15.0. The molecule has 2 aromatic heterocycles. The maximum atomic E-state index is 12.7. The summed E-state index contributed by atoms with van der Waals surface area (Å²) in [6.45, 7) is 5.93. The number of furan rings is 1. The number of rotatable bonds is 6. The highest BCUT2D eigenvalue weighted by Gasteiger charge is 2.22. The summed E-state index contributed by atoms with van der Waals surface area (Å²) in [5.74, 6) is 2.02. The van der Waals surface area contributed by atoms with Crippen molar-refractivity contribution in [2.75, 3.05) is 31.9 Å². The number of hydrogen-bond acceptors (Lipinski definition) is 6. The van der Waals surface area contributed by atoms with Gasteiger partial charge in [-0.25, -0.2) is 0 Å². The molecule has 0 radical (unpaired) electrons. The van der Waals surface area contributed by atoms with Crippen LogP contribution in [0.15, 0.2) is 46.2 Å². The maximum absolute atomic E-state index is 12.7. The molecule has 0 aliphatic carbocycles. The summed E-state index contributed by atoms with van der Waals surface area (Å²) >= 11 is 7.49. The Balaban J connectivity index is 1.27. The van der Waals surface area contributed by atoms with Crippen LogP contribution in [0.5, 0.6) is 0 Å². The lowest BCUT2D eigenvalue weighted by Gasteiger charge is -2.34. The van der Waals surface area contributed by atoms with Gasteiger partial charge < -0.3 is 13.9 Å². The fourth-order valence-electron chi connectivity index (χ4n) is 3.56. The Kier molecular flexibility index (Phi) is 6.46. The third kappa shape index (κ3) is 4.71. The first-order chi connectivity index (χ1) is 14.5. The first-order valence-corrected chi connectivity index (χ1v) is 11.2. The maximum Gasteiger partial charge on any atom is 0.233 e. The molecule has 1 saturated heterocycles. The van der Waals surface area contributed by atoms with Crippen LogP contribution in [-0.2, 0) is 18.4 Å². The van der Waals surface area contributed by atoms with E-state index < -0.39 is 0 Å². The minimum atomic E-state index is 0.131. The van der Waals surface area contributed by atoms with Gasteiger partial charge in [0.1, 0.15) is 5.76 Å². The highest BCUT2D eigenvalue weighted by atomic mass is 35.5. The first kappa shape index (κ1) is 21.0. The summed E-state index contributed by atoms with van der Waals surface area (Å²) in [6.07, 6.45) is 1.64. The number of aryl methyl sites for hydroxylation is 1. The molecule has 7 nitrogen and oxygen atoms in total. The molecular formula is C21H24ClN5O2S. The van der Waals surface area contributed by atoms with Crippen molar-refractivity contribution in [2.45, 2.75) is 18.6 Å². The number of aromatic nitrogens is 3. The number of amides is 1. The molecule has 30 heavy (non-hydrogen) atoms. The quantitative estimate of drug-likeness (QED) is 0.541. The number of benzene rings is 1. The summed E-state index contributed by atoms with van der Waals surface area (Å²) in [5, 5.41) is 9.98. The van der Waals surface area contributed by atoms with Gasteiger partial charge in [0.2, 0.25) is 5.91 Å². The van der Waals surface area contributed by atoms with Crippen LogP contribution in [0.1, 0.15) is 11.3 Å². The van der Waals surface area contributed by atoms with Gasteiger partial charge in [-0.05, 0) is 30.7 Å². The Morgan fingerprint density at radius 3 is 2.70 bits per heavy atom. The molecule has 3 heterocycles. The predicted molar refractivity (Wildman–Crippen MR) is 117 cm³/mol. The van der Waals surface area contributed by atoms with Gasteiger partial charge in [-0.1, -0.05) is 35.5 Å². The van der Waals surface area contributed by atoms with Crippen molar-refractivity contribution < 1.29 is 9.21 Å². The van der Waals surface area contributed by atoms with E-state index in [-0.39, 0.29) is 5.91 Å². The number of piperazine rings is 1. The third-order valence-electron chi connectivity index (χ3n) is 5.28. The van der Waals surface area contributed by atoms with Gasteiger partial charge in [-0.2, -0.15) is 0 Å². The summed E-state index contributed by atoms with van der Waals surface area (Å²) in [6, 6.07) is 9.81. The van der Waals surface area contributed by atoms with Crippen LogP contribution in [0.4, 0.5) is 0 Å². The Labute approximate surface area is 185 Å². The number of hydrogen-bond donors (Lipinski definition) is 0. The summed E-state index contributed by atoms with van der Waals surface area (Å²) in [5.41, 5.74) is 2.11.